The molecule has 0 saturated carbocycles. The molecule has 4 nitrogen and oxygen atoms in total. The summed E-state index contributed by atoms with van der Waals surface area (Å²) in [5, 5.41) is 15.5. The summed E-state index contributed by atoms with van der Waals surface area (Å²) >= 11 is 14.2. The zero-order chi connectivity index (χ0) is 25.5. The monoisotopic (exact) mass is 565 g/mol. The molecule has 0 aliphatic carbocycles. The van der Waals surface area contributed by atoms with Gasteiger partial charge in [0.15, 0.2) is 0 Å². The van der Waals surface area contributed by atoms with Gasteiger partial charge in [0.05, 0.1) is 4.91 Å². The Morgan fingerprint density at radius 1 is 0.889 bits per heavy atom. The summed E-state index contributed by atoms with van der Waals surface area (Å²) in [6.45, 7) is 0. The smallest absolute Gasteiger partial charge is 0.342 e. The molecule has 0 spiro atoms. The number of thiocarbonyl (C=S) groups is 2. The summed E-state index contributed by atoms with van der Waals surface area (Å²) in [4.78, 5) is 25.0. The Kier molecular flexibility index (Phi) is 8.95. The zero-order valence-corrected chi connectivity index (χ0v) is 22.8. The molecule has 9 heteroatoms. The molecule has 1 fully saturated rings. The minimum absolute atomic E-state index is 0.0615. The van der Waals surface area contributed by atoms with E-state index < -0.39 is 5.97 Å². The van der Waals surface area contributed by atoms with Crippen molar-refractivity contribution >= 4 is 86.0 Å². The van der Waals surface area contributed by atoms with E-state index in [2.05, 4.69) is 28.9 Å². The number of thiophene rings is 2. The van der Waals surface area contributed by atoms with Gasteiger partial charge in [-0.2, -0.15) is 0 Å². The van der Waals surface area contributed by atoms with E-state index in [0.717, 1.165) is 20.9 Å². The third-order valence-electron chi connectivity index (χ3n) is 4.98. The standard InChI is InChI=1S/C14H9NOS3.C13H10O2S2/c16-13-12(19-14(17)15-13)7-11-6-10(8-18-11)9-4-2-1-3-5-9;14-13(15)12(16)7-11-6-10(8-17-11)9-4-2-1-3-5-9/h1-8H,(H,15,16,17);1-6,8H,7H2,(H,14,15)/b12-7-;. The van der Waals surface area contributed by atoms with Crippen molar-refractivity contribution < 1.29 is 14.7 Å². The number of nitrogens with one attached hydrogen (secondary N) is 1. The van der Waals surface area contributed by atoms with Gasteiger partial charge in [0.25, 0.3) is 5.91 Å². The first kappa shape index (κ1) is 26.1. The van der Waals surface area contributed by atoms with E-state index in [1.54, 1.807) is 11.3 Å². The topological polar surface area (TPSA) is 66.4 Å². The SMILES string of the molecule is O=C(O)C(=S)Cc1cc(-c2ccccc2)cs1.O=C1NC(=S)S/C1=C\c1cc(-c2ccccc2)cs1. The predicted octanol–water partition coefficient (Wildman–Crippen LogP) is 7.32. The number of amides is 1. The summed E-state index contributed by atoms with van der Waals surface area (Å²) in [5.41, 5.74) is 4.60. The van der Waals surface area contributed by atoms with Gasteiger partial charge in [-0.1, -0.05) is 96.9 Å². The number of rotatable bonds is 6. The van der Waals surface area contributed by atoms with Crippen LogP contribution in [0.4, 0.5) is 0 Å². The van der Waals surface area contributed by atoms with Gasteiger partial charge in [-0.25, -0.2) is 4.79 Å². The Balaban J connectivity index is 0.000000170. The third kappa shape index (κ3) is 7.05. The van der Waals surface area contributed by atoms with Crippen molar-refractivity contribution in [3.05, 3.63) is 98.2 Å². The highest BCUT2D eigenvalue weighted by Crippen LogP contribution is 2.31. The lowest BCUT2D eigenvalue weighted by atomic mass is 10.1. The quantitative estimate of drug-likeness (QED) is 0.189. The average Bonchev–Trinajstić information content (AvgIpc) is 3.62. The maximum Gasteiger partial charge on any atom is 0.342 e. The molecule has 1 amide bonds. The van der Waals surface area contributed by atoms with Gasteiger partial charge >= 0.3 is 5.97 Å². The summed E-state index contributed by atoms with van der Waals surface area (Å²) in [5.74, 6) is -1.11. The summed E-state index contributed by atoms with van der Waals surface area (Å²) in [6, 6.07) is 24.3. The average molecular weight is 566 g/mol. The lowest BCUT2D eigenvalue weighted by Gasteiger charge is -1.96. The molecule has 36 heavy (non-hydrogen) atoms. The Bertz CT molecular complexity index is 1440. The molecule has 1 aliphatic heterocycles. The van der Waals surface area contributed by atoms with Crippen molar-refractivity contribution in [3.63, 3.8) is 0 Å². The van der Waals surface area contributed by atoms with Crippen LogP contribution in [-0.4, -0.2) is 26.2 Å². The van der Waals surface area contributed by atoms with Crippen LogP contribution >= 0.6 is 58.9 Å². The first-order valence-corrected chi connectivity index (χ1v) is 14.1. The van der Waals surface area contributed by atoms with Gasteiger partial charge in [-0.3, -0.25) is 4.79 Å². The van der Waals surface area contributed by atoms with Crippen LogP contribution in [0.15, 0.2) is 88.5 Å². The van der Waals surface area contributed by atoms with E-state index in [1.807, 2.05) is 66.1 Å². The molecular formula is C27H19NO3S5. The fourth-order valence-corrected chi connectivity index (χ4v) is 6.36. The van der Waals surface area contributed by atoms with Crippen molar-refractivity contribution in [1.82, 2.24) is 5.32 Å². The summed E-state index contributed by atoms with van der Waals surface area (Å²) in [7, 11) is 0. The predicted molar refractivity (Wildman–Crippen MR) is 160 cm³/mol. The number of hydrogen-bond acceptors (Lipinski definition) is 7. The number of benzene rings is 2. The van der Waals surface area contributed by atoms with Gasteiger partial charge in [0.2, 0.25) is 0 Å². The van der Waals surface area contributed by atoms with Crippen molar-refractivity contribution in [2.75, 3.05) is 0 Å². The molecule has 2 N–H and O–H groups in total. The second-order valence-electron chi connectivity index (χ2n) is 7.53. The van der Waals surface area contributed by atoms with Gasteiger partial charge in [0, 0.05) is 16.2 Å². The van der Waals surface area contributed by atoms with Crippen molar-refractivity contribution in [3.8, 4) is 22.3 Å². The van der Waals surface area contributed by atoms with Crippen molar-refractivity contribution in [1.29, 1.82) is 0 Å². The van der Waals surface area contributed by atoms with Gasteiger partial charge in [0.1, 0.15) is 9.19 Å². The van der Waals surface area contributed by atoms with Gasteiger partial charge < -0.3 is 10.4 Å². The Hall–Kier alpha value is -2.95. The molecule has 0 unspecified atom stereocenters. The lowest BCUT2D eigenvalue weighted by Crippen LogP contribution is -2.17. The van der Waals surface area contributed by atoms with E-state index in [9.17, 15) is 9.59 Å². The van der Waals surface area contributed by atoms with Gasteiger partial charge in [-0.05, 0) is 51.2 Å². The highest BCUT2D eigenvalue weighted by molar-refractivity contribution is 8.26. The van der Waals surface area contributed by atoms with Crippen LogP contribution in [0, 0.1) is 0 Å². The van der Waals surface area contributed by atoms with E-state index >= 15 is 0 Å². The number of carboxylic acids is 1. The third-order valence-corrected chi connectivity index (χ3v) is 8.27. The molecule has 0 atom stereocenters. The summed E-state index contributed by atoms with van der Waals surface area (Å²) in [6.07, 6.45) is 2.22. The molecule has 1 aliphatic rings. The Morgan fingerprint density at radius 3 is 2.03 bits per heavy atom. The molecule has 5 rings (SSSR count). The number of carbonyl (C=O) groups excluding carboxylic acids is 1. The Morgan fingerprint density at radius 2 is 1.47 bits per heavy atom. The number of carboxylic acid groups (broad SMARTS) is 1. The van der Waals surface area contributed by atoms with Gasteiger partial charge in [-0.15, -0.1) is 22.7 Å². The number of hydrogen-bond donors (Lipinski definition) is 2. The maximum absolute atomic E-state index is 11.6. The lowest BCUT2D eigenvalue weighted by molar-refractivity contribution is -0.129. The second kappa shape index (κ2) is 12.3. The molecule has 0 bridgehead atoms. The largest absolute Gasteiger partial charge is 0.477 e. The minimum atomic E-state index is -1.00. The number of thioether (sulfide) groups is 1. The number of carbonyl (C=O) groups is 2. The number of aliphatic carboxylic acids is 1. The van der Waals surface area contributed by atoms with Crippen LogP contribution in [0.25, 0.3) is 28.3 Å². The van der Waals surface area contributed by atoms with Crippen LogP contribution in [0.3, 0.4) is 0 Å². The molecular weight excluding hydrogens is 547 g/mol. The van der Waals surface area contributed by atoms with E-state index in [0.29, 0.717) is 15.6 Å². The summed E-state index contributed by atoms with van der Waals surface area (Å²) < 4.78 is 0.524. The molecule has 4 aromatic rings. The van der Waals surface area contributed by atoms with Crippen LogP contribution in [-0.2, 0) is 16.0 Å². The fraction of sp³-hybridized carbons (Fsp3) is 0.0370. The van der Waals surface area contributed by atoms with Crippen molar-refractivity contribution in [2.45, 2.75) is 6.42 Å². The first-order valence-electron chi connectivity index (χ1n) is 10.7. The van der Waals surface area contributed by atoms with Crippen LogP contribution in [0.5, 0.6) is 0 Å². The molecule has 0 radical (unpaired) electrons. The molecule has 3 heterocycles. The highest BCUT2D eigenvalue weighted by Gasteiger charge is 2.22. The second-order valence-corrected chi connectivity index (χ2v) is 11.7. The van der Waals surface area contributed by atoms with Crippen LogP contribution in [0.1, 0.15) is 9.75 Å². The normalized spacial score (nSPS) is 13.7. The molecule has 180 valence electrons. The van der Waals surface area contributed by atoms with Crippen LogP contribution < -0.4 is 5.32 Å². The maximum atomic E-state index is 11.6. The minimum Gasteiger partial charge on any atom is -0.477 e. The Labute approximate surface area is 231 Å². The molecule has 1 saturated heterocycles. The van der Waals surface area contributed by atoms with E-state index in [1.165, 1.54) is 34.2 Å². The highest BCUT2D eigenvalue weighted by atomic mass is 32.2. The fourth-order valence-electron chi connectivity index (χ4n) is 3.25. The first-order chi connectivity index (χ1) is 17.4. The van der Waals surface area contributed by atoms with Crippen LogP contribution in [0.2, 0.25) is 0 Å². The van der Waals surface area contributed by atoms with E-state index in [4.69, 9.17) is 29.5 Å². The zero-order valence-electron chi connectivity index (χ0n) is 18.7. The van der Waals surface area contributed by atoms with Crippen molar-refractivity contribution in [2.24, 2.45) is 0 Å². The molecule has 2 aromatic carbocycles. The van der Waals surface area contributed by atoms with E-state index in [-0.39, 0.29) is 10.8 Å². The molecule has 2 aromatic heterocycles.